The zero-order valence-corrected chi connectivity index (χ0v) is 16.8. The van der Waals surface area contributed by atoms with E-state index in [0.29, 0.717) is 12.4 Å². The highest BCUT2D eigenvalue weighted by molar-refractivity contribution is 9.10. The molecule has 0 spiro atoms. The van der Waals surface area contributed by atoms with Crippen LogP contribution in [0.3, 0.4) is 0 Å². The maximum Gasteiger partial charge on any atom is 0.265 e. The first-order chi connectivity index (χ1) is 11.8. The average molecular weight is 447 g/mol. The van der Waals surface area contributed by atoms with Gasteiger partial charge in [-0.25, -0.2) is 8.42 Å². The molecule has 0 aromatic heterocycles. The molecule has 0 fully saturated rings. The van der Waals surface area contributed by atoms with Crippen LogP contribution >= 0.6 is 27.5 Å². The molecule has 1 atom stereocenters. The van der Waals surface area contributed by atoms with E-state index < -0.39 is 21.3 Å². The Morgan fingerprint density at radius 1 is 1.20 bits per heavy atom. The Morgan fingerprint density at radius 3 is 2.36 bits per heavy atom. The zero-order valence-electron chi connectivity index (χ0n) is 13.6. The van der Waals surface area contributed by atoms with Crippen molar-refractivity contribution in [2.24, 2.45) is 0 Å². The van der Waals surface area contributed by atoms with Gasteiger partial charge in [-0.05, 0) is 61.8 Å². The number of halogens is 2. The number of rotatable bonds is 7. The van der Waals surface area contributed by atoms with Crippen LogP contribution in [0.5, 0.6) is 5.75 Å². The molecule has 0 saturated heterocycles. The first kappa shape index (κ1) is 19.8. The van der Waals surface area contributed by atoms with Crippen LogP contribution in [0.1, 0.15) is 13.8 Å². The molecule has 0 saturated carbocycles. The molecule has 5 nitrogen and oxygen atoms in total. The van der Waals surface area contributed by atoms with Gasteiger partial charge >= 0.3 is 0 Å². The third kappa shape index (κ3) is 4.34. The van der Waals surface area contributed by atoms with E-state index in [0.717, 1.165) is 8.78 Å². The summed E-state index contributed by atoms with van der Waals surface area (Å²) in [5.74, 6) is 0.357. The third-order valence-electron chi connectivity index (χ3n) is 3.45. The Morgan fingerprint density at radius 2 is 1.80 bits per heavy atom. The minimum absolute atomic E-state index is 0.0479. The lowest BCUT2D eigenvalue weighted by molar-refractivity contribution is -0.112. The highest BCUT2D eigenvalue weighted by Gasteiger charge is 2.34. The molecule has 25 heavy (non-hydrogen) atoms. The highest BCUT2D eigenvalue weighted by Crippen LogP contribution is 2.34. The summed E-state index contributed by atoms with van der Waals surface area (Å²) in [6.45, 7) is 3.58. The molecule has 134 valence electrons. The highest BCUT2D eigenvalue weighted by atomic mass is 79.9. The van der Waals surface area contributed by atoms with Gasteiger partial charge in [-0.3, -0.25) is 9.10 Å². The predicted molar refractivity (Wildman–Crippen MR) is 102 cm³/mol. The largest absolute Gasteiger partial charge is 0.492 e. The van der Waals surface area contributed by atoms with Crippen LogP contribution in [-0.4, -0.2) is 26.3 Å². The number of carbonyl (C=O) groups excluding carboxylic acids is 1. The molecule has 2 aromatic rings. The lowest BCUT2D eigenvalue weighted by Crippen LogP contribution is -2.42. The number of hydrogen-bond acceptors (Lipinski definition) is 4. The van der Waals surface area contributed by atoms with Gasteiger partial charge in [0.2, 0.25) is 5.24 Å². The Balaban J connectivity index is 2.65. The van der Waals surface area contributed by atoms with Crippen LogP contribution in [0.15, 0.2) is 57.9 Å². The summed E-state index contributed by atoms with van der Waals surface area (Å²) in [6, 6.07) is 11.7. The van der Waals surface area contributed by atoms with E-state index in [9.17, 15) is 13.2 Å². The van der Waals surface area contributed by atoms with Crippen LogP contribution in [0, 0.1) is 0 Å². The molecule has 0 radical (unpaired) electrons. The Hall–Kier alpha value is -1.57. The second-order valence-electron chi connectivity index (χ2n) is 5.14. The molecular formula is C17H17BrClNO4S. The summed E-state index contributed by atoms with van der Waals surface area (Å²) < 4.78 is 33.7. The number of anilines is 1. The Bertz CT molecular complexity index is 855. The fraction of sp³-hybridized carbons (Fsp3) is 0.235. The van der Waals surface area contributed by atoms with Gasteiger partial charge in [0, 0.05) is 4.47 Å². The van der Waals surface area contributed by atoms with E-state index in [1.165, 1.54) is 19.1 Å². The molecule has 2 aromatic carbocycles. The molecule has 0 N–H and O–H groups in total. The predicted octanol–water partition coefficient (Wildman–Crippen LogP) is 4.20. The summed E-state index contributed by atoms with van der Waals surface area (Å²) in [5.41, 5.74) is 0.258. The number of carbonyl (C=O) groups is 1. The van der Waals surface area contributed by atoms with Crippen LogP contribution in [0.2, 0.25) is 0 Å². The Kier molecular flexibility index (Phi) is 6.48. The van der Waals surface area contributed by atoms with Crippen molar-refractivity contribution < 1.29 is 17.9 Å². The number of hydrogen-bond donors (Lipinski definition) is 0. The second kappa shape index (κ2) is 8.21. The van der Waals surface area contributed by atoms with Crippen LogP contribution in [-0.2, 0) is 14.8 Å². The van der Waals surface area contributed by atoms with E-state index in [1.54, 1.807) is 43.3 Å². The van der Waals surface area contributed by atoms with Gasteiger partial charge in [0.1, 0.15) is 11.8 Å². The summed E-state index contributed by atoms with van der Waals surface area (Å²) in [6.07, 6.45) is 0. The van der Waals surface area contributed by atoms with Gasteiger partial charge in [0.25, 0.3) is 10.0 Å². The van der Waals surface area contributed by atoms with Gasteiger partial charge < -0.3 is 4.74 Å². The molecule has 1 unspecified atom stereocenters. The molecule has 0 aliphatic rings. The average Bonchev–Trinajstić information content (AvgIpc) is 2.57. The van der Waals surface area contributed by atoms with E-state index in [1.807, 2.05) is 0 Å². The van der Waals surface area contributed by atoms with Crippen molar-refractivity contribution in [3.8, 4) is 5.75 Å². The van der Waals surface area contributed by atoms with Crippen molar-refractivity contribution in [2.75, 3.05) is 10.9 Å². The van der Waals surface area contributed by atoms with Crippen molar-refractivity contribution in [2.45, 2.75) is 24.8 Å². The zero-order chi connectivity index (χ0) is 18.6. The lowest BCUT2D eigenvalue weighted by Gasteiger charge is -2.29. The van der Waals surface area contributed by atoms with Crippen LogP contribution in [0.25, 0.3) is 0 Å². The Labute approximate surface area is 160 Å². The topological polar surface area (TPSA) is 63.7 Å². The van der Waals surface area contributed by atoms with Gasteiger partial charge in [-0.1, -0.05) is 28.1 Å². The maximum absolute atomic E-state index is 13.2. The summed E-state index contributed by atoms with van der Waals surface area (Å²) >= 11 is 8.90. The smallest absolute Gasteiger partial charge is 0.265 e. The molecule has 8 heteroatoms. The van der Waals surface area contributed by atoms with Gasteiger partial charge in [-0.2, -0.15) is 0 Å². The summed E-state index contributed by atoms with van der Waals surface area (Å²) in [5, 5.41) is -0.785. The fourth-order valence-electron chi connectivity index (χ4n) is 2.28. The molecule has 2 rings (SSSR count). The van der Waals surface area contributed by atoms with Crippen LogP contribution in [0.4, 0.5) is 5.69 Å². The normalized spacial score (nSPS) is 12.5. The number of nitrogens with zero attached hydrogens (tertiary/aromatic N) is 1. The van der Waals surface area contributed by atoms with Crippen molar-refractivity contribution in [3.05, 3.63) is 53.0 Å². The molecular weight excluding hydrogens is 430 g/mol. The molecule has 0 bridgehead atoms. The van der Waals surface area contributed by atoms with E-state index in [2.05, 4.69) is 15.9 Å². The van der Waals surface area contributed by atoms with Crippen molar-refractivity contribution in [1.82, 2.24) is 0 Å². The SMILES string of the molecule is CCOc1ccccc1N(C(C)C(=O)Cl)S(=O)(=O)c1ccc(Br)cc1. The van der Waals surface area contributed by atoms with E-state index in [4.69, 9.17) is 16.3 Å². The van der Waals surface area contributed by atoms with Crippen molar-refractivity contribution >= 4 is 48.5 Å². The van der Waals surface area contributed by atoms with E-state index >= 15 is 0 Å². The van der Waals surface area contributed by atoms with Crippen molar-refractivity contribution in [3.63, 3.8) is 0 Å². The molecule has 0 amide bonds. The number of benzene rings is 2. The minimum Gasteiger partial charge on any atom is -0.492 e. The first-order valence-corrected chi connectivity index (χ1v) is 10.1. The van der Waals surface area contributed by atoms with Gasteiger partial charge in [-0.15, -0.1) is 0 Å². The number of para-hydroxylation sites is 2. The third-order valence-corrected chi connectivity index (χ3v) is 6.20. The quantitative estimate of drug-likeness (QED) is 0.598. The number of sulfonamides is 1. The van der Waals surface area contributed by atoms with Crippen molar-refractivity contribution in [1.29, 1.82) is 0 Å². The van der Waals surface area contributed by atoms with E-state index in [-0.39, 0.29) is 10.6 Å². The standard InChI is InChI=1S/C17H17BrClNO4S/c1-3-24-16-7-5-4-6-15(16)20(12(2)17(19)21)25(22,23)14-10-8-13(18)9-11-14/h4-12H,3H2,1-2H3. The number of ether oxygens (including phenoxy) is 1. The first-order valence-electron chi connectivity index (χ1n) is 7.50. The maximum atomic E-state index is 13.2. The van der Waals surface area contributed by atoms with Gasteiger partial charge in [0.15, 0.2) is 0 Å². The lowest BCUT2D eigenvalue weighted by atomic mass is 10.2. The van der Waals surface area contributed by atoms with Crippen LogP contribution < -0.4 is 9.04 Å². The monoisotopic (exact) mass is 445 g/mol. The van der Waals surface area contributed by atoms with Gasteiger partial charge in [0.05, 0.1) is 17.2 Å². The fourth-order valence-corrected chi connectivity index (χ4v) is 4.32. The summed E-state index contributed by atoms with van der Waals surface area (Å²) in [7, 11) is -4.03. The second-order valence-corrected chi connectivity index (χ2v) is 8.24. The molecule has 0 heterocycles. The molecule has 0 aliphatic carbocycles. The molecule has 0 aliphatic heterocycles. The summed E-state index contributed by atoms with van der Waals surface area (Å²) in [4.78, 5) is 11.8. The minimum atomic E-state index is -4.03.